The van der Waals surface area contributed by atoms with E-state index in [0.29, 0.717) is 0 Å². The highest BCUT2D eigenvalue weighted by Gasteiger charge is 2.06. The smallest absolute Gasteiger partial charge is 0.203 e. The van der Waals surface area contributed by atoms with E-state index in [2.05, 4.69) is 55.0 Å². The number of rotatable bonds is 6. The lowest BCUT2D eigenvalue weighted by Crippen LogP contribution is -2.08. The van der Waals surface area contributed by atoms with Crippen molar-refractivity contribution in [3.8, 4) is 0 Å². The maximum absolute atomic E-state index is 2.38. The summed E-state index contributed by atoms with van der Waals surface area (Å²) in [6, 6.07) is 10.6. The van der Waals surface area contributed by atoms with E-state index in [1.54, 1.807) is 0 Å². The summed E-state index contributed by atoms with van der Waals surface area (Å²) in [4.78, 5) is 0. The van der Waals surface area contributed by atoms with Crippen LogP contribution in [0.15, 0.2) is 30.3 Å². The predicted molar refractivity (Wildman–Crippen MR) is 67.1 cm³/mol. The van der Waals surface area contributed by atoms with E-state index in [9.17, 15) is 0 Å². The van der Waals surface area contributed by atoms with Gasteiger partial charge in [0.05, 0.1) is 0 Å². The Kier molecular flexibility index (Phi) is 5.76. The van der Waals surface area contributed by atoms with Gasteiger partial charge in [-0.2, -0.15) is 0 Å². The summed E-state index contributed by atoms with van der Waals surface area (Å²) in [6.07, 6.45) is 7.22. The third-order valence-corrected chi connectivity index (χ3v) is 2.48. The van der Waals surface area contributed by atoms with Crippen molar-refractivity contribution in [2.75, 3.05) is 6.54 Å². The zero-order chi connectivity index (χ0) is 10.9. The highest BCUT2D eigenvalue weighted by atomic mass is 15.0. The van der Waals surface area contributed by atoms with Crippen molar-refractivity contribution < 1.29 is 4.58 Å². The predicted octanol–water partition coefficient (Wildman–Crippen LogP) is 4.00. The molecule has 0 aliphatic heterocycles. The van der Waals surface area contributed by atoms with Gasteiger partial charge in [0.15, 0.2) is 0 Å². The van der Waals surface area contributed by atoms with Gasteiger partial charge in [0.2, 0.25) is 5.69 Å². The van der Waals surface area contributed by atoms with Crippen molar-refractivity contribution in [1.29, 1.82) is 0 Å². The average Bonchev–Trinajstić information content (AvgIpc) is 2.30. The Labute approximate surface area is 93.5 Å². The van der Waals surface area contributed by atoms with Crippen LogP contribution in [0.2, 0.25) is 0 Å². The van der Waals surface area contributed by atoms with E-state index >= 15 is 0 Å². The molecule has 0 aromatic heterocycles. The van der Waals surface area contributed by atoms with Crippen LogP contribution < -0.4 is 0 Å². The third kappa shape index (κ3) is 4.28. The Morgan fingerprint density at radius 3 is 2.40 bits per heavy atom. The van der Waals surface area contributed by atoms with Gasteiger partial charge in [0.1, 0.15) is 12.8 Å². The van der Waals surface area contributed by atoms with E-state index in [1.165, 1.54) is 31.4 Å². The van der Waals surface area contributed by atoms with Crippen molar-refractivity contribution in [2.45, 2.75) is 39.5 Å². The second kappa shape index (κ2) is 7.22. The first-order chi connectivity index (χ1) is 7.38. The molecule has 0 N–H and O–H groups in total. The van der Waals surface area contributed by atoms with Crippen molar-refractivity contribution >= 4 is 11.9 Å². The van der Waals surface area contributed by atoms with Gasteiger partial charge in [0, 0.05) is 25.0 Å². The number of nitrogens with zero attached hydrogens (tertiary/aromatic N) is 1. The van der Waals surface area contributed by atoms with Gasteiger partial charge in [-0.25, -0.2) is 4.58 Å². The van der Waals surface area contributed by atoms with Gasteiger partial charge in [-0.05, 0) is 6.42 Å². The summed E-state index contributed by atoms with van der Waals surface area (Å²) in [5.74, 6) is 0. The Bertz CT molecular complexity index is 287. The molecule has 1 aromatic carbocycles. The van der Waals surface area contributed by atoms with Crippen LogP contribution in [0.5, 0.6) is 0 Å². The first-order valence-electron chi connectivity index (χ1n) is 6.03. The average molecular weight is 204 g/mol. The standard InChI is InChI=1S/C14H22N/c1-3-5-12-15(13-6-4-2)14-10-8-7-9-11-14/h7-12H,3-6,13H2,1-2H3/q+1. The quantitative estimate of drug-likeness (QED) is 0.486. The monoisotopic (exact) mass is 204 g/mol. The lowest BCUT2D eigenvalue weighted by Gasteiger charge is -2.01. The molecule has 0 amide bonds. The molecule has 1 aromatic rings. The molecule has 1 rings (SSSR count). The molecular formula is C14H22N+. The summed E-state index contributed by atoms with van der Waals surface area (Å²) >= 11 is 0. The van der Waals surface area contributed by atoms with Gasteiger partial charge in [-0.15, -0.1) is 0 Å². The highest BCUT2D eigenvalue weighted by Crippen LogP contribution is 2.10. The van der Waals surface area contributed by atoms with Crippen LogP contribution in [-0.4, -0.2) is 17.3 Å². The number of unbranched alkanes of at least 4 members (excludes halogenated alkanes) is 2. The van der Waals surface area contributed by atoms with Crippen LogP contribution in [0, 0.1) is 0 Å². The summed E-state index contributed by atoms with van der Waals surface area (Å²) in [7, 11) is 0. The molecule has 1 nitrogen and oxygen atoms in total. The molecule has 0 bridgehead atoms. The first-order valence-corrected chi connectivity index (χ1v) is 6.03. The lowest BCUT2D eigenvalue weighted by molar-refractivity contribution is -0.437. The molecule has 0 aliphatic carbocycles. The molecule has 0 saturated heterocycles. The van der Waals surface area contributed by atoms with Crippen LogP contribution >= 0.6 is 0 Å². The topological polar surface area (TPSA) is 3.01 Å². The largest absolute Gasteiger partial charge is 0.204 e. The van der Waals surface area contributed by atoms with E-state index in [1.807, 2.05) is 0 Å². The molecule has 0 spiro atoms. The summed E-state index contributed by atoms with van der Waals surface area (Å²) in [5.41, 5.74) is 1.32. The number of para-hydroxylation sites is 1. The lowest BCUT2D eigenvalue weighted by atomic mass is 10.2. The van der Waals surface area contributed by atoms with Crippen LogP contribution in [0.4, 0.5) is 5.69 Å². The van der Waals surface area contributed by atoms with Gasteiger partial charge < -0.3 is 0 Å². The highest BCUT2D eigenvalue weighted by molar-refractivity contribution is 5.53. The van der Waals surface area contributed by atoms with E-state index < -0.39 is 0 Å². The fourth-order valence-corrected chi connectivity index (χ4v) is 1.56. The number of hydrogen-bond acceptors (Lipinski definition) is 0. The van der Waals surface area contributed by atoms with Crippen molar-refractivity contribution in [1.82, 2.24) is 0 Å². The second-order valence-corrected chi connectivity index (χ2v) is 3.85. The van der Waals surface area contributed by atoms with E-state index in [0.717, 1.165) is 6.54 Å². The zero-order valence-electron chi connectivity index (χ0n) is 9.95. The minimum atomic E-state index is 1.14. The van der Waals surface area contributed by atoms with Crippen molar-refractivity contribution in [3.05, 3.63) is 30.3 Å². The molecule has 0 radical (unpaired) electrons. The minimum Gasteiger partial charge on any atom is -0.203 e. The Morgan fingerprint density at radius 1 is 1.07 bits per heavy atom. The number of hydrogen-bond donors (Lipinski definition) is 0. The first kappa shape index (κ1) is 12.0. The van der Waals surface area contributed by atoms with Crippen molar-refractivity contribution in [2.24, 2.45) is 0 Å². The van der Waals surface area contributed by atoms with Gasteiger partial charge >= 0.3 is 0 Å². The molecule has 0 fully saturated rings. The molecule has 0 atom stereocenters. The molecule has 1 heteroatoms. The molecule has 0 saturated carbocycles. The summed E-state index contributed by atoms with van der Waals surface area (Å²) in [6.45, 7) is 5.60. The van der Waals surface area contributed by atoms with Crippen LogP contribution in [-0.2, 0) is 0 Å². The molecule has 0 heterocycles. The Morgan fingerprint density at radius 2 is 1.80 bits per heavy atom. The molecule has 0 unspecified atom stereocenters. The van der Waals surface area contributed by atoms with Crippen molar-refractivity contribution in [3.63, 3.8) is 0 Å². The SMILES string of the molecule is CCCC=[N+](CCCC)c1ccccc1. The van der Waals surface area contributed by atoms with E-state index in [4.69, 9.17) is 0 Å². The molecule has 0 aliphatic rings. The number of benzene rings is 1. The van der Waals surface area contributed by atoms with Crippen LogP contribution in [0.1, 0.15) is 39.5 Å². The minimum absolute atomic E-state index is 1.14. The van der Waals surface area contributed by atoms with Gasteiger partial charge in [-0.1, -0.05) is 38.5 Å². The maximum atomic E-state index is 2.38. The van der Waals surface area contributed by atoms with E-state index in [-0.39, 0.29) is 0 Å². The molecular weight excluding hydrogens is 182 g/mol. The second-order valence-electron chi connectivity index (χ2n) is 3.85. The summed E-state index contributed by atoms with van der Waals surface area (Å²) in [5, 5.41) is 0. The van der Waals surface area contributed by atoms with Gasteiger partial charge in [-0.3, -0.25) is 0 Å². The normalized spacial score (nSPS) is 11.7. The third-order valence-electron chi connectivity index (χ3n) is 2.48. The fraction of sp³-hybridized carbons (Fsp3) is 0.500. The van der Waals surface area contributed by atoms with Crippen LogP contribution in [0.3, 0.4) is 0 Å². The Balaban J connectivity index is 2.72. The summed E-state index contributed by atoms with van der Waals surface area (Å²) < 4.78 is 2.38. The fourth-order valence-electron chi connectivity index (χ4n) is 1.56. The Hall–Kier alpha value is -1.11. The van der Waals surface area contributed by atoms with Gasteiger partial charge in [0.25, 0.3) is 0 Å². The zero-order valence-corrected chi connectivity index (χ0v) is 9.95. The van der Waals surface area contributed by atoms with Crippen LogP contribution in [0.25, 0.3) is 0 Å². The maximum Gasteiger partial charge on any atom is 0.204 e. The molecule has 15 heavy (non-hydrogen) atoms. The molecule has 82 valence electrons.